The van der Waals surface area contributed by atoms with Crippen molar-refractivity contribution in [2.45, 2.75) is 77.4 Å². The summed E-state index contributed by atoms with van der Waals surface area (Å²) in [6.45, 7) is 9.55. The molecule has 2 aliphatic rings. The van der Waals surface area contributed by atoms with Gasteiger partial charge in [-0.15, -0.1) is 24.0 Å². The van der Waals surface area contributed by atoms with Gasteiger partial charge < -0.3 is 16.0 Å². The van der Waals surface area contributed by atoms with E-state index < -0.39 is 0 Å². The van der Waals surface area contributed by atoms with Crippen molar-refractivity contribution in [3.8, 4) is 0 Å². The van der Waals surface area contributed by atoms with E-state index in [0.717, 1.165) is 31.9 Å². The molecule has 1 aliphatic carbocycles. The lowest BCUT2D eigenvalue weighted by Crippen LogP contribution is -2.47. The fourth-order valence-corrected chi connectivity index (χ4v) is 3.83. The molecule has 26 heavy (non-hydrogen) atoms. The minimum atomic E-state index is 0. The second-order valence-electron chi connectivity index (χ2n) is 7.93. The highest BCUT2D eigenvalue weighted by molar-refractivity contribution is 14.0. The third kappa shape index (κ3) is 7.58. The first-order chi connectivity index (χ1) is 12.0. The van der Waals surface area contributed by atoms with Gasteiger partial charge >= 0.3 is 0 Å². The predicted octanol–water partition coefficient (Wildman–Crippen LogP) is 2.34. The van der Waals surface area contributed by atoms with E-state index in [4.69, 9.17) is 0 Å². The van der Waals surface area contributed by atoms with Crippen molar-refractivity contribution in [3.05, 3.63) is 0 Å². The molecule has 6 nitrogen and oxygen atoms in total. The van der Waals surface area contributed by atoms with Gasteiger partial charge in [-0.25, -0.2) is 0 Å². The molecular weight excluding hydrogens is 441 g/mol. The summed E-state index contributed by atoms with van der Waals surface area (Å²) in [7, 11) is 1.79. The number of hydrogen-bond acceptors (Lipinski definition) is 3. The number of likely N-dealkylation sites (tertiary alicyclic amines) is 1. The van der Waals surface area contributed by atoms with Crippen LogP contribution in [0.25, 0.3) is 0 Å². The van der Waals surface area contributed by atoms with E-state index in [0.29, 0.717) is 37.0 Å². The number of halogens is 1. The van der Waals surface area contributed by atoms with Crippen molar-refractivity contribution < 1.29 is 4.79 Å². The molecule has 2 atom stereocenters. The molecule has 3 N–H and O–H groups in total. The third-order valence-electron chi connectivity index (χ3n) is 5.53. The Morgan fingerprint density at radius 2 is 1.85 bits per heavy atom. The topological polar surface area (TPSA) is 68.8 Å². The van der Waals surface area contributed by atoms with Crippen molar-refractivity contribution in [3.63, 3.8) is 0 Å². The Morgan fingerprint density at radius 3 is 2.42 bits per heavy atom. The molecule has 152 valence electrons. The van der Waals surface area contributed by atoms with Crippen molar-refractivity contribution in [2.24, 2.45) is 10.9 Å². The number of carbonyl (C=O) groups excluding carboxylic acids is 1. The number of guanidine groups is 1. The van der Waals surface area contributed by atoms with E-state index in [1.54, 1.807) is 7.05 Å². The zero-order chi connectivity index (χ0) is 18.2. The molecule has 1 amide bonds. The largest absolute Gasteiger partial charge is 0.356 e. The molecule has 1 saturated carbocycles. The first-order valence-electron chi connectivity index (χ1n) is 10.00. The maximum Gasteiger partial charge on any atom is 0.221 e. The van der Waals surface area contributed by atoms with Crippen LogP contribution in [0.3, 0.4) is 0 Å². The maximum atomic E-state index is 12.1. The number of rotatable bonds is 6. The summed E-state index contributed by atoms with van der Waals surface area (Å²) in [5.41, 5.74) is 0. The lowest BCUT2D eigenvalue weighted by atomic mass is 9.95. The molecule has 0 aromatic rings. The van der Waals surface area contributed by atoms with Crippen LogP contribution in [0.5, 0.6) is 0 Å². The van der Waals surface area contributed by atoms with E-state index >= 15 is 0 Å². The van der Waals surface area contributed by atoms with Crippen LogP contribution in [-0.2, 0) is 4.79 Å². The van der Waals surface area contributed by atoms with Gasteiger partial charge in [0.2, 0.25) is 5.91 Å². The van der Waals surface area contributed by atoms with Gasteiger partial charge in [0.15, 0.2) is 5.96 Å². The highest BCUT2D eigenvalue weighted by Gasteiger charge is 2.31. The molecule has 0 aromatic carbocycles. The molecule has 1 saturated heterocycles. The number of hydrogen-bond donors (Lipinski definition) is 3. The second kappa shape index (κ2) is 12.0. The number of amides is 1. The Morgan fingerprint density at radius 1 is 1.15 bits per heavy atom. The predicted molar refractivity (Wildman–Crippen MR) is 119 cm³/mol. The number of aliphatic imine (C=N–C) groups is 1. The normalized spacial score (nSPS) is 25.0. The second-order valence-corrected chi connectivity index (χ2v) is 7.93. The first kappa shape index (κ1) is 23.5. The summed E-state index contributed by atoms with van der Waals surface area (Å²) in [6, 6.07) is 1.37. The zero-order valence-electron chi connectivity index (χ0n) is 16.9. The van der Waals surface area contributed by atoms with Gasteiger partial charge in [0.1, 0.15) is 0 Å². The summed E-state index contributed by atoms with van der Waals surface area (Å²) in [5, 5.41) is 9.97. The van der Waals surface area contributed by atoms with E-state index in [-0.39, 0.29) is 29.9 Å². The Hall–Kier alpha value is -0.570. The quantitative estimate of drug-likeness (QED) is 0.311. The summed E-state index contributed by atoms with van der Waals surface area (Å²) in [4.78, 5) is 18.9. The van der Waals surface area contributed by atoms with Crippen LogP contribution < -0.4 is 16.0 Å². The van der Waals surface area contributed by atoms with Crippen LogP contribution >= 0.6 is 24.0 Å². The first-order valence-corrected chi connectivity index (χ1v) is 10.00. The molecule has 1 aliphatic heterocycles. The lowest BCUT2D eigenvalue weighted by molar-refractivity contribution is -0.121. The van der Waals surface area contributed by atoms with Crippen LogP contribution in [0.2, 0.25) is 0 Å². The molecule has 0 spiro atoms. The third-order valence-corrected chi connectivity index (χ3v) is 5.53. The molecule has 2 unspecified atom stereocenters. The van der Waals surface area contributed by atoms with E-state index in [2.05, 4.69) is 46.6 Å². The monoisotopic (exact) mass is 479 g/mol. The Labute approximate surface area is 176 Å². The summed E-state index contributed by atoms with van der Waals surface area (Å²) >= 11 is 0. The van der Waals surface area contributed by atoms with Gasteiger partial charge in [-0.1, -0.05) is 26.2 Å². The van der Waals surface area contributed by atoms with Gasteiger partial charge in [-0.3, -0.25) is 14.7 Å². The Bertz CT molecular complexity index is 451. The average Bonchev–Trinajstić information content (AvgIpc) is 2.96. The molecule has 0 aromatic heterocycles. The van der Waals surface area contributed by atoms with E-state index in [9.17, 15) is 4.79 Å². The SMILES string of the molecule is CN=C(NCCC(=O)NC1CCCCC1)NC1CN(C(C)C)CC1C.I. The van der Waals surface area contributed by atoms with Crippen molar-refractivity contribution in [1.82, 2.24) is 20.9 Å². The van der Waals surface area contributed by atoms with Gasteiger partial charge in [0, 0.05) is 51.2 Å². The van der Waals surface area contributed by atoms with Gasteiger partial charge in [0.25, 0.3) is 0 Å². The molecule has 1 heterocycles. The fourth-order valence-electron chi connectivity index (χ4n) is 3.83. The van der Waals surface area contributed by atoms with Crippen molar-refractivity contribution in [2.75, 3.05) is 26.7 Å². The Balaban J connectivity index is 0.00000338. The van der Waals surface area contributed by atoms with Crippen LogP contribution in [-0.4, -0.2) is 61.6 Å². The van der Waals surface area contributed by atoms with Crippen LogP contribution in [0, 0.1) is 5.92 Å². The van der Waals surface area contributed by atoms with Crippen LogP contribution in [0.4, 0.5) is 0 Å². The maximum absolute atomic E-state index is 12.1. The Kier molecular flexibility index (Phi) is 10.8. The average molecular weight is 479 g/mol. The van der Waals surface area contributed by atoms with Gasteiger partial charge in [-0.05, 0) is 32.6 Å². The molecule has 0 bridgehead atoms. The van der Waals surface area contributed by atoms with Crippen molar-refractivity contribution >= 4 is 35.8 Å². The minimum absolute atomic E-state index is 0. The minimum Gasteiger partial charge on any atom is -0.356 e. The van der Waals surface area contributed by atoms with Gasteiger partial charge in [-0.2, -0.15) is 0 Å². The van der Waals surface area contributed by atoms with E-state index in [1.165, 1.54) is 19.3 Å². The standard InChI is InChI=1S/C19H37N5O.HI/c1-14(2)24-12-15(3)17(13-24)23-19(20-4)21-11-10-18(25)22-16-8-6-5-7-9-16;/h14-17H,5-13H2,1-4H3,(H,22,25)(H2,20,21,23);1H. The number of nitrogens with zero attached hydrogens (tertiary/aromatic N) is 2. The molecule has 2 fully saturated rings. The van der Waals surface area contributed by atoms with Crippen LogP contribution in [0.15, 0.2) is 4.99 Å². The molecule has 7 heteroatoms. The van der Waals surface area contributed by atoms with E-state index in [1.807, 2.05) is 0 Å². The highest BCUT2D eigenvalue weighted by atomic mass is 127. The number of carbonyl (C=O) groups is 1. The summed E-state index contributed by atoms with van der Waals surface area (Å²) < 4.78 is 0. The summed E-state index contributed by atoms with van der Waals surface area (Å²) in [6.07, 6.45) is 6.56. The molecular formula is C19H38IN5O. The highest BCUT2D eigenvalue weighted by Crippen LogP contribution is 2.19. The number of nitrogens with one attached hydrogen (secondary N) is 3. The lowest BCUT2D eigenvalue weighted by Gasteiger charge is -2.23. The summed E-state index contributed by atoms with van der Waals surface area (Å²) in [5.74, 6) is 1.54. The molecule has 0 radical (unpaired) electrons. The van der Waals surface area contributed by atoms with Gasteiger partial charge in [0.05, 0.1) is 0 Å². The van der Waals surface area contributed by atoms with Crippen LogP contribution in [0.1, 0.15) is 59.3 Å². The smallest absolute Gasteiger partial charge is 0.221 e. The zero-order valence-corrected chi connectivity index (χ0v) is 19.2. The van der Waals surface area contributed by atoms with Crippen molar-refractivity contribution in [1.29, 1.82) is 0 Å². The fraction of sp³-hybridized carbons (Fsp3) is 0.895. The molecule has 2 rings (SSSR count).